The maximum atomic E-state index is 5.83. The molecule has 1 aromatic rings. The Kier molecular flexibility index (Phi) is 5.14. The van der Waals surface area contributed by atoms with E-state index in [9.17, 15) is 0 Å². The molecule has 3 heteroatoms. The molecule has 0 aromatic heterocycles. The number of ether oxygens (including phenoxy) is 1. The van der Waals surface area contributed by atoms with Gasteiger partial charge in [-0.1, -0.05) is 43.6 Å². The third-order valence-corrected chi connectivity index (χ3v) is 4.11. The van der Waals surface area contributed by atoms with Crippen molar-refractivity contribution in [2.75, 3.05) is 19.7 Å². The van der Waals surface area contributed by atoms with Gasteiger partial charge in [0, 0.05) is 17.4 Å². The fourth-order valence-corrected chi connectivity index (χ4v) is 3.31. The Hall–Kier alpha value is -0.540. The van der Waals surface area contributed by atoms with Gasteiger partial charge in [-0.25, -0.2) is 0 Å². The van der Waals surface area contributed by atoms with Crippen LogP contribution in [0.1, 0.15) is 38.8 Å². The van der Waals surface area contributed by atoms with Gasteiger partial charge in [0.25, 0.3) is 0 Å². The van der Waals surface area contributed by atoms with Crippen LogP contribution in [0.2, 0.25) is 0 Å². The molecule has 0 amide bonds. The zero-order chi connectivity index (χ0) is 14.8. The summed E-state index contributed by atoms with van der Waals surface area (Å²) in [4.78, 5) is 0. The van der Waals surface area contributed by atoms with Crippen LogP contribution < -0.4 is 10.1 Å². The second kappa shape index (κ2) is 6.48. The lowest BCUT2D eigenvalue weighted by molar-refractivity contribution is 0.316. The van der Waals surface area contributed by atoms with Crippen LogP contribution in [0.5, 0.6) is 5.75 Å². The molecule has 0 fully saturated rings. The monoisotopic (exact) mass is 339 g/mol. The lowest BCUT2D eigenvalue weighted by atomic mass is 9.84. The molecule has 1 heterocycles. The lowest BCUT2D eigenvalue weighted by Gasteiger charge is -2.26. The summed E-state index contributed by atoms with van der Waals surface area (Å²) in [7, 11) is 0. The highest BCUT2D eigenvalue weighted by atomic mass is 79.9. The highest BCUT2D eigenvalue weighted by molar-refractivity contribution is 9.10. The number of benzene rings is 1. The van der Waals surface area contributed by atoms with E-state index in [1.807, 2.05) is 0 Å². The van der Waals surface area contributed by atoms with Gasteiger partial charge < -0.3 is 10.1 Å². The van der Waals surface area contributed by atoms with Crippen molar-refractivity contribution < 1.29 is 4.74 Å². The summed E-state index contributed by atoms with van der Waals surface area (Å²) in [5.74, 6) is 1.83. The van der Waals surface area contributed by atoms with Gasteiger partial charge in [-0.2, -0.15) is 0 Å². The van der Waals surface area contributed by atoms with Gasteiger partial charge in [0.2, 0.25) is 0 Å². The highest BCUT2D eigenvalue weighted by Gasteiger charge is 2.24. The van der Waals surface area contributed by atoms with E-state index in [4.69, 9.17) is 4.74 Å². The van der Waals surface area contributed by atoms with E-state index in [2.05, 4.69) is 61.1 Å². The summed E-state index contributed by atoms with van der Waals surface area (Å²) in [5, 5.41) is 3.58. The smallest absolute Gasteiger partial charge is 0.125 e. The van der Waals surface area contributed by atoms with Crippen molar-refractivity contribution in [1.82, 2.24) is 5.32 Å². The third-order valence-electron chi connectivity index (χ3n) is 3.65. The quantitative estimate of drug-likeness (QED) is 0.838. The zero-order valence-electron chi connectivity index (χ0n) is 13.1. The number of halogens is 1. The minimum atomic E-state index is 0.232. The largest absolute Gasteiger partial charge is 0.493 e. The van der Waals surface area contributed by atoms with Gasteiger partial charge in [0.15, 0.2) is 0 Å². The summed E-state index contributed by atoms with van der Waals surface area (Å²) in [6.07, 6.45) is 2.08. The molecular formula is C17H26BrNO. The Morgan fingerprint density at radius 2 is 2.10 bits per heavy atom. The molecule has 0 saturated carbocycles. The molecule has 1 aliphatic heterocycles. The number of nitrogens with one attached hydrogen (secondary N) is 1. The van der Waals surface area contributed by atoms with Crippen LogP contribution in [0.25, 0.3) is 0 Å². The molecule has 20 heavy (non-hydrogen) atoms. The van der Waals surface area contributed by atoms with Crippen LogP contribution in [-0.2, 0) is 12.8 Å². The van der Waals surface area contributed by atoms with E-state index in [-0.39, 0.29) is 5.41 Å². The molecule has 1 aliphatic rings. The predicted octanol–water partition coefficient (Wildman–Crippen LogP) is 4.20. The van der Waals surface area contributed by atoms with Crippen LogP contribution >= 0.6 is 15.9 Å². The van der Waals surface area contributed by atoms with Gasteiger partial charge >= 0.3 is 0 Å². The molecule has 112 valence electrons. The maximum Gasteiger partial charge on any atom is 0.125 e. The third kappa shape index (κ3) is 4.23. The van der Waals surface area contributed by atoms with Crippen molar-refractivity contribution in [3.63, 3.8) is 0 Å². The minimum absolute atomic E-state index is 0.232. The summed E-state index contributed by atoms with van der Waals surface area (Å²) in [6.45, 7) is 12.1. The predicted molar refractivity (Wildman–Crippen MR) is 88.5 cm³/mol. The van der Waals surface area contributed by atoms with E-state index >= 15 is 0 Å². The highest BCUT2D eigenvalue weighted by Crippen LogP contribution is 2.36. The van der Waals surface area contributed by atoms with Gasteiger partial charge in [-0.05, 0) is 47.6 Å². The molecule has 0 unspecified atom stereocenters. The minimum Gasteiger partial charge on any atom is -0.493 e. The normalized spacial score (nSPS) is 14.5. The molecule has 0 spiro atoms. The second-order valence-electron chi connectivity index (χ2n) is 7.02. The van der Waals surface area contributed by atoms with Gasteiger partial charge in [-0.3, -0.25) is 0 Å². The van der Waals surface area contributed by atoms with Crippen molar-refractivity contribution in [1.29, 1.82) is 0 Å². The van der Waals surface area contributed by atoms with E-state index < -0.39 is 0 Å². The van der Waals surface area contributed by atoms with Gasteiger partial charge in [-0.15, -0.1) is 0 Å². The topological polar surface area (TPSA) is 21.3 Å². The standard InChI is InChI=1S/C17H26BrNO/c1-12(2)10-19-11-17(3,4)9-14-8-15(18)7-13-5-6-20-16(13)14/h7-8,12,19H,5-6,9-11H2,1-4H3. The Balaban J connectivity index is 2.05. The molecule has 2 rings (SSSR count). The zero-order valence-corrected chi connectivity index (χ0v) is 14.6. The van der Waals surface area contributed by atoms with E-state index in [1.165, 1.54) is 15.6 Å². The fraction of sp³-hybridized carbons (Fsp3) is 0.647. The Bertz CT molecular complexity index is 468. The number of fused-ring (bicyclic) bond motifs is 1. The SMILES string of the molecule is CC(C)CNCC(C)(C)Cc1cc(Br)cc2c1OCC2. The van der Waals surface area contributed by atoms with Gasteiger partial charge in [0.05, 0.1) is 6.61 Å². The first-order chi connectivity index (χ1) is 9.37. The van der Waals surface area contributed by atoms with Crippen LogP contribution in [0.3, 0.4) is 0 Å². The van der Waals surface area contributed by atoms with E-state index in [1.54, 1.807) is 0 Å². The molecular weight excluding hydrogens is 314 g/mol. The van der Waals surface area contributed by atoms with Crippen LogP contribution in [-0.4, -0.2) is 19.7 Å². The number of hydrogen-bond donors (Lipinski definition) is 1. The van der Waals surface area contributed by atoms with Crippen molar-refractivity contribution in [2.24, 2.45) is 11.3 Å². The Morgan fingerprint density at radius 1 is 1.35 bits per heavy atom. The van der Waals surface area contributed by atoms with Crippen molar-refractivity contribution in [3.8, 4) is 5.75 Å². The first kappa shape index (κ1) is 15.8. The average molecular weight is 340 g/mol. The first-order valence-electron chi connectivity index (χ1n) is 7.52. The first-order valence-corrected chi connectivity index (χ1v) is 8.31. The Labute approximate surface area is 131 Å². The maximum absolute atomic E-state index is 5.83. The van der Waals surface area contributed by atoms with Gasteiger partial charge in [0.1, 0.15) is 5.75 Å². The molecule has 1 N–H and O–H groups in total. The molecule has 0 bridgehead atoms. The van der Waals surface area contributed by atoms with Crippen LogP contribution in [0.15, 0.2) is 16.6 Å². The molecule has 2 nitrogen and oxygen atoms in total. The lowest BCUT2D eigenvalue weighted by Crippen LogP contribution is -2.33. The summed E-state index contributed by atoms with van der Waals surface area (Å²) in [6, 6.07) is 4.41. The fourth-order valence-electron chi connectivity index (χ4n) is 2.75. The molecule has 0 radical (unpaired) electrons. The summed E-state index contributed by atoms with van der Waals surface area (Å²) in [5.41, 5.74) is 2.92. The Morgan fingerprint density at radius 3 is 2.80 bits per heavy atom. The molecule has 0 aliphatic carbocycles. The van der Waals surface area contributed by atoms with Crippen molar-refractivity contribution >= 4 is 15.9 Å². The molecule has 0 saturated heterocycles. The average Bonchev–Trinajstić information content (AvgIpc) is 2.75. The molecule has 0 atom stereocenters. The number of hydrogen-bond acceptors (Lipinski definition) is 2. The summed E-state index contributed by atoms with van der Waals surface area (Å²) >= 11 is 3.62. The second-order valence-corrected chi connectivity index (χ2v) is 7.93. The number of rotatable bonds is 6. The molecule has 1 aromatic carbocycles. The van der Waals surface area contributed by atoms with Crippen molar-refractivity contribution in [2.45, 2.75) is 40.5 Å². The van der Waals surface area contributed by atoms with Crippen LogP contribution in [0.4, 0.5) is 0 Å². The summed E-state index contributed by atoms with van der Waals surface area (Å²) < 4.78 is 7.00. The van der Waals surface area contributed by atoms with Crippen LogP contribution in [0, 0.1) is 11.3 Å². The van der Waals surface area contributed by atoms with E-state index in [0.29, 0.717) is 5.92 Å². The van der Waals surface area contributed by atoms with E-state index in [0.717, 1.165) is 38.3 Å². The van der Waals surface area contributed by atoms with Crippen molar-refractivity contribution in [3.05, 3.63) is 27.7 Å².